The van der Waals surface area contributed by atoms with Crippen molar-refractivity contribution in [3.05, 3.63) is 18.3 Å². The Bertz CT molecular complexity index is 873. The number of aromatic amines is 1. The number of hydrogen-bond acceptors (Lipinski definition) is 5. The molecule has 4 rings (SSSR count). The fourth-order valence-corrected chi connectivity index (χ4v) is 3.46. The third kappa shape index (κ3) is 2.96. The van der Waals surface area contributed by atoms with Gasteiger partial charge in [0.1, 0.15) is 17.9 Å². The maximum Gasteiger partial charge on any atom is 0.236 e. The molecule has 1 N–H and O–H groups in total. The standard InChI is InChI=1S/C18H20N6O2/c19-5-3-17(26)23-9-7-22(8-10-23)15-11-16(24(12-25)13-1-2-13)21-18-14(15)4-6-20-18/h4,6,11-13H,1-3,7-10H2,(H,20,21). The normalized spacial score (nSPS) is 17.2. The van der Waals surface area contributed by atoms with Gasteiger partial charge in [-0.05, 0) is 18.9 Å². The number of nitrogens with zero attached hydrogens (tertiary/aromatic N) is 5. The fraction of sp³-hybridized carbons (Fsp3) is 0.444. The molecule has 0 aromatic carbocycles. The van der Waals surface area contributed by atoms with Gasteiger partial charge in [-0.2, -0.15) is 5.26 Å². The van der Waals surface area contributed by atoms with Gasteiger partial charge < -0.3 is 14.8 Å². The maximum absolute atomic E-state index is 11.9. The Kier molecular flexibility index (Phi) is 4.21. The van der Waals surface area contributed by atoms with Crippen LogP contribution in [-0.2, 0) is 9.59 Å². The van der Waals surface area contributed by atoms with E-state index >= 15 is 0 Å². The molecule has 1 aliphatic heterocycles. The number of amides is 2. The van der Waals surface area contributed by atoms with Crippen LogP contribution in [0.4, 0.5) is 11.5 Å². The Morgan fingerprint density at radius 1 is 1.38 bits per heavy atom. The molecule has 8 heteroatoms. The second-order valence-corrected chi connectivity index (χ2v) is 6.69. The molecule has 0 bridgehead atoms. The van der Waals surface area contributed by atoms with E-state index in [2.05, 4.69) is 14.9 Å². The highest BCUT2D eigenvalue weighted by molar-refractivity contribution is 5.93. The molecule has 2 amide bonds. The largest absolute Gasteiger partial charge is 0.367 e. The topological polar surface area (TPSA) is 96.3 Å². The number of nitriles is 1. The summed E-state index contributed by atoms with van der Waals surface area (Å²) in [5.74, 6) is 0.547. The van der Waals surface area contributed by atoms with Gasteiger partial charge in [0.05, 0.1) is 11.8 Å². The second kappa shape index (κ2) is 6.67. The average Bonchev–Trinajstić information content (AvgIpc) is 3.38. The van der Waals surface area contributed by atoms with Crippen LogP contribution in [0, 0.1) is 11.3 Å². The monoisotopic (exact) mass is 352 g/mol. The molecule has 2 aromatic rings. The summed E-state index contributed by atoms with van der Waals surface area (Å²) in [6.07, 6.45) is 4.66. The number of aromatic nitrogens is 2. The van der Waals surface area contributed by atoms with Gasteiger partial charge in [0.2, 0.25) is 12.3 Å². The van der Waals surface area contributed by atoms with E-state index in [4.69, 9.17) is 5.26 Å². The van der Waals surface area contributed by atoms with Gasteiger partial charge in [-0.25, -0.2) is 4.98 Å². The minimum Gasteiger partial charge on any atom is -0.367 e. The number of nitrogens with one attached hydrogen (secondary N) is 1. The zero-order valence-corrected chi connectivity index (χ0v) is 14.4. The Labute approximate surface area is 151 Å². The van der Waals surface area contributed by atoms with Crippen molar-refractivity contribution in [3.8, 4) is 6.07 Å². The van der Waals surface area contributed by atoms with Gasteiger partial charge in [-0.3, -0.25) is 14.5 Å². The van der Waals surface area contributed by atoms with E-state index in [0.29, 0.717) is 32.0 Å². The first-order valence-electron chi connectivity index (χ1n) is 8.82. The number of carbonyl (C=O) groups is 2. The van der Waals surface area contributed by atoms with Gasteiger partial charge in [-0.1, -0.05) is 0 Å². The first-order chi connectivity index (χ1) is 12.7. The number of H-pyrrole nitrogens is 1. The Morgan fingerprint density at radius 3 is 2.81 bits per heavy atom. The van der Waals surface area contributed by atoms with Crippen molar-refractivity contribution in [3.63, 3.8) is 0 Å². The van der Waals surface area contributed by atoms with Crippen molar-refractivity contribution in [1.29, 1.82) is 5.26 Å². The highest BCUT2D eigenvalue weighted by atomic mass is 16.2. The summed E-state index contributed by atoms with van der Waals surface area (Å²) in [6.45, 7) is 2.55. The van der Waals surface area contributed by atoms with Crippen molar-refractivity contribution >= 4 is 34.9 Å². The molecular weight excluding hydrogens is 332 g/mol. The number of pyridine rings is 1. The van der Waals surface area contributed by atoms with Gasteiger partial charge in [0, 0.05) is 49.9 Å². The molecule has 0 radical (unpaired) electrons. The lowest BCUT2D eigenvalue weighted by Gasteiger charge is -2.36. The summed E-state index contributed by atoms with van der Waals surface area (Å²) in [5, 5.41) is 9.70. The van der Waals surface area contributed by atoms with Crippen molar-refractivity contribution in [1.82, 2.24) is 14.9 Å². The van der Waals surface area contributed by atoms with Crippen molar-refractivity contribution in [2.24, 2.45) is 0 Å². The zero-order chi connectivity index (χ0) is 18.1. The maximum atomic E-state index is 11.9. The highest BCUT2D eigenvalue weighted by Gasteiger charge is 2.31. The molecule has 3 heterocycles. The van der Waals surface area contributed by atoms with E-state index in [9.17, 15) is 9.59 Å². The van der Waals surface area contributed by atoms with Crippen LogP contribution in [0.1, 0.15) is 19.3 Å². The summed E-state index contributed by atoms with van der Waals surface area (Å²) in [4.78, 5) is 36.8. The first kappa shape index (κ1) is 16.4. The quantitative estimate of drug-likeness (QED) is 0.817. The number of piperazine rings is 1. The zero-order valence-electron chi connectivity index (χ0n) is 14.4. The molecule has 2 fully saturated rings. The molecule has 26 heavy (non-hydrogen) atoms. The first-order valence-corrected chi connectivity index (χ1v) is 8.82. The number of carbonyl (C=O) groups excluding carboxylic acids is 2. The van der Waals surface area contributed by atoms with Crippen molar-refractivity contribution < 1.29 is 9.59 Å². The predicted octanol–water partition coefficient (Wildman–Crippen LogP) is 1.25. The van der Waals surface area contributed by atoms with E-state index in [-0.39, 0.29) is 18.4 Å². The molecular formula is C18H20N6O2. The van der Waals surface area contributed by atoms with Crippen LogP contribution in [0.15, 0.2) is 18.3 Å². The van der Waals surface area contributed by atoms with Crippen LogP contribution in [0.2, 0.25) is 0 Å². The molecule has 1 aliphatic carbocycles. The summed E-state index contributed by atoms with van der Waals surface area (Å²) in [7, 11) is 0. The lowest BCUT2D eigenvalue weighted by atomic mass is 10.2. The molecule has 0 unspecified atom stereocenters. The predicted molar refractivity (Wildman–Crippen MR) is 96.7 cm³/mol. The van der Waals surface area contributed by atoms with E-state index < -0.39 is 0 Å². The van der Waals surface area contributed by atoms with Crippen LogP contribution in [0.5, 0.6) is 0 Å². The molecule has 1 saturated carbocycles. The molecule has 2 aliphatic rings. The lowest BCUT2D eigenvalue weighted by molar-refractivity contribution is -0.130. The highest BCUT2D eigenvalue weighted by Crippen LogP contribution is 2.34. The third-order valence-corrected chi connectivity index (χ3v) is 5.02. The Hall–Kier alpha value is -3.08. The van der Waals surface area contributed by atoms with Gasteiger partial charge in [-0.15, -0.1) is 0 Å². The van der Waals surface area contributed by atoms with Crippen LogP contribution in [0.25, 0.3) is 11.0 Å². The molecule has 1 saturated heterocycles. The Balaban J connectivity index is 1.60. The van der Waals surface area contributed by atoms with Gasteiger partial charge in [0.25, 0.3) is 0 Å². The number of hydrogen-bond donors (Lipinski definition) is 1. The van der Waals surface area contributed by atoms with Crippen LogP contribution in [-0.4, -0.2) is 59.4 Å². The van der Waals surface area contributed by atoms with E-state index in [1.165, 1.54) is 0 Å². The van der Waals surface area contributed by atoms with Crippen molar-refractivity contribution in [2.75, 3.05) is 36.0 Å². The van der Waals surface area contributed by atoms with E-state index in [0.717, 1.165) is 36.0 Å². The summed E-state index contributed by atoms with van der Waals surface area (Å²) in [6, 6.07) is 6.12. The van der Waals surface area contributed by atoms with E-state index in [1.54, 1.807) is 9.80 Å². The second-order valence-electron chi connectivity index (χ2n) is 6.69. The third-order valence-electron chi connectivity index (χ3n) is 5.02. The number of anilines is 2. The van der Waals surface area contributed by atoms with Crippen LogP contribution < -0.4 is 9.80 Å². The Morgan fingerprint density at radius 2 is 2.15 bits per heavy atom. The molecule has 0 atom stereocenters. The van der Waals surface area contributed by atoms with Crippen LogP contribution >= 0.6 is 0 Å². The average molecular weight is 352 g/mol. The minimum atomic E-state index is -0.116. The smallest absolute Gasteiger partial charge is 0.236 e. The van der Waals surface area contributed by atoms with Crippen molar-refractivity contribution in [2.45, 2.75) is 25.3 Å². The van der Waals surface area contributed by atoms with Gasteiger partial charge >= 0.3 is 0 Å². The summed E-state index contributed by atoms with van der Waals surface area (Å²) in [5.41, 5.74) is 1.78. The van der Waals surface area contributed by atoms with Crippen LogP contribution in [0.3, 0.4) is 0 Å². The molecule has 134 valence electrons. The summed E-state index contributed by atoms with van der Waals surface area (Å²) >= 11 is 0. The van der Waals surface area contributed by atoms with Gasteiger partial charge in [0.15, 0.2) is 0 Å². The molecule has 2 aromatic heterocycles. The minimum absolute atomic E-state index is 0.0723. The summed E-state index contributed by atoms with van der Waals surface area (Å²) < 4.78 is 0. The number of fused-ring (bicyclic) bond motifs is 1. The van der Waals surface area contributed by atoms with E-state index in [1.807, 2.05) is 24.4 Å². The lowest BCUT2D eigenvalue weighted by Crippen LogP contribution is -2.48. The fourth-order valence-electron chi connectivity index (χ4n) is 3.46. The SMILES string of the molecule is N#CCC(=O)N1CCN(c2cc(N(C=O)C3CC3)nc3[nH]ccc23)CC1. The number of rotatable bonds is 5. The molecule has 0 spiro atoms. The molecule has 8 nitrogen and oxygen atoms in total.